The maximum absolute atomic E-state index is 13.3. The Morgan fingerprint density at radius 3 is 2.25 bits per heavy atom. The van der Waals surface area contributed by atoms with Gasteiger partial charge in [0.1, 0.15) is 17.9 Å². The first-order valence-corrected chi connectivity index (χ1v) is 10.8. The molecular weight excluding hydrogens is 408 g/mol. The molecular formula is C25H32N2O5. The number of aliphatic hydroxyl groups excluding tert-OH is 1. The molecule has 7 heteroatoms. The average molecular weight is 441 g/mol. The van der Waals surface area contributed by atoms with Crippen molar-refractivity contribution in [3.63, 3.8) is 0 Å². The second-order valence-corrected chi connectivity index (χ2v) is 9.21. The number of ether oxygens (including phenoxy) is 2. The van der Waals surface area contributed by atoms with Crippen LogP contribution in [-0.4, -0.2) is 40.8 Å². The van der Waals surface area contributed by atoms with Crippen LogP contribution in [0.5, 0.6) is 0 Å². The van der Waals surface area contributed by atoms with Crippen molar-refractivity contribution in [1.29, 1.82) is 0 Å². The summed E-state index contributed by atoms with van der Waals surface area (Å²) >= 11 is 0. The third kappa shape index (κ3) is 5.29. The molecule has 172 valence electrons. The van der Waals surface area contributed by atoms with Gasteiger partial charge in [-0.3, -0.25) is 9.69 Å². The highest BCUT2D eigenvalue weighted by Crippen LogP contribution is 2.41. The van der Waals surface area contributed by atoms with Crippen LogP contribution in [0.3, 0.4) is 0 Å². The molecule has 0 spiro atoms. The van der Waals surface area contributed by atoms with E-state index in [4.69, 9.17) is 15.2 Å². The van der Waals surface area contributed by atoms with Crippen molar-refractivity contribution in [2.75, 3.05) is 13.2 Å². The Balaban J connectivity index is 1.97. The quantitative estimate of drug-likeness (QED) is 0.691. The summed E-state index contributed by atoms with van der Waals surface area (Å²) in [5, 5.41) is 9.90. The van der Waals surface area contributed by atoms with E-state index in [-0.39, 0.29) is 25.7 Å². The summed E-state index contributed by atoms with van der Waals surface area (Å²) in [5.74, 6) is -1.72. The molecule has 1 amide bonds. The van der Waals surface area contributed by atoms with Crippen molar-refractivity contribution >= 4 is 12.1 Å². The number of nitrogens with two attached hydrogens (primary N) is 1. The predicted molar refractivity (Wildman–Crippen MR) is 120 cm³/mol. The van der Waals surface area contributed by atoms with Gasteiger partial charge in [0.2, 0.25) is 0 Å². The minimum Gasteiger partial charge on any atom is -0.460 e. The minimum atomic E-state index is -1.48. The first-order valence-electron chi connectivity index (χ1n) is 10.8. The lowest BCUT2D eigenvalue weighted by Crippen LogP contribution is -2.66. The van der Waals surface area contributed by atoms with E-state index in [1.807, 2.05) is 48.5 Å². The van der Waals surface area contributed by atoms with E-state index in [2.05, 4.69) is 0 Å². The summed E-state index contributed by atoms with van der Waals surface area (Å²) in [4.78, 5) is 27.9. The summed E-state index contributed by atoms with van der Waals surface area (Å²) in [6, 6.07) is 18.3. The molecule has 2 aromatic rings. The summed E-state index contributed by atoms with van der Waals surface area (Å²) in [5.41, 5.74) is 6.15. The highest BCUT2D eigenvalue weighted by molar-refractivity contribution is 5.78. The average Bonchev–Trinajstić information content (AvgIpc) is 2.77. The highest BCUT2D eigenvalue weighted by Gasteiger charge is 2.54. The van der Waals surface area contributed by atoms with Crippen LogP contribution in [0.25, 0.3) is 0 Å². The van der Waals surface area contributed by atoms with Gasteiger partial charge in [-0.05, 0) is 38.3 Å². The van der Waals surface area contributed by atoms with Crippen molar-refractivity contribution < 1.29 is 24.2 Å². The van der Waals surface area contributed by atoms with Crippen LogP contribution in [0.1, 0.15) is 38.3 Å². The minimum absolute atomic E-state index is 0.0714. The van der Waals surface area contributed by atoms with Crippen LogP contribution in [0.15, 0.2) is 60.7 Å². The molecule has 1 aliphatic heterocycles. The lowest BCUT2D eigenvalue weighted by molar-refractivity contribution is -0.171. The molecule has 1 heterocycles. The molecule has 0 aromatic heterocycles. The SMILES string of the molecule is CC(C)(C)OC(=O)[C@H]1C[C@H](CO)CN(C(=O)OCc2ccccc2)[C@]1(N)c1ccccc1. The van der Waals surface area contributed by atoms with Gasteiger partial charge >= 0.3 is 12.1 Å². The Hall–Kier alpha value is -2.90. The van der Waals surface area contributed by atoms with Gasteiger partial charge in [0.15, 0.2) is 0 Å². The first-order chi connectivity index (χ1) is 15.1. The standard InChI is InChI=1S/C25H32N2O5/c1-24(2,3)32-22(29)21-14-19(16-28)15-27(25(21,26)20-12-8-5-9-13-20)23(30)31-17-18-10-6-4-7-11-18/h4-13,19,21,28H,14-17,26H2,1-3H3/t19-,21+,25+/m0/s1. The van der Waals surface area contributed by atoms with Gasteiger partial charge in [0.05, 0.1) is 5.92 Å². The third-order valence-corrected chi connectivity index (χ3v) is 5.60. The van der Waals surface area contributed by atoms with Crippen LogP contribution in [0.4, 0.5) is 4.79 Å². The van der Waals surface area contributed by atoms with E-state index in [9.17, 15) is 14.7 Å². The smallest absolute Gasteiger partial charge is 0.411 e. The molecule has 0 radical (unpaired) electrons. The van der Waals surface area contributed by atoms with Gasteiger partial charge in [-0.15, -0.1) is 0 Å². The zero-order valence-electron chi connectivity index (χ0n) is 18.9. The Labute approximate surface area is 189 Å². The van der Waals surface area contributed by atoms with Crippen LogP contribution in [0.2, 0.25) is 0 Å². The number of aliphatic hydroxyl groups is 1. The Bertz CT molecular complexity index is 913. The zero-order valence-corrected chi connectivity index (χ0v) is 18.9. The lowest BCUT2D eigenvalue weighted by atomic mass is 9.75. The summed E-state index contributed by atoms with van der Waals surface area (Å²) in [6.07, 6.45) is -0.355. The van der Waals surface area contributed by atoms with E-state index in [1.165, 1.54) is 4.90 Å². The number of piperidine rings is 1. The number of amides is 1. The van der Waals surface area contributed by atoms with Crippen molar-refractivity contribution in [3.05, 3.63) is 71.8 Å². The normalized spacial score (nSPS) is 23.5. The van der Waals surface area contributed by atoms with Crippen molar-refractivity contribution in [2.24, 2.45) is 17.6 Å². The van der Waals surface area contributed by atoms with Crippen molar-refractivity contribution in [1.82, 2.24) is 4.90 Å². The fourth-order valence-electron chi connectivity index (χ4n) is 4.05. The number of esters is 1. The van der Waals surface area contributed by atoms with Gasteiger partial charge in [-0.25, -0.2) is 4.79 Å². The van der Waals surface area contributed by atoms with E-state index >= 15 is 0 Å². The Kier molecular flexibility index (Phi) is 7.21. The number of hydrogen-bond donors (Lipinski definition) is 2. The zero-order chi connectivity index (χ0) is 23.4. The Morgan fingerprint density at radius 1 is 1.09 bits per heavy atom. The molecule has 0 saturated carbocycles. The van der Waals surface area contributed by atoms with Gasteiger partial charge in [0, 0.05) is 19.1 Å². The largest absolute Gasteiger partial charge is 0.460 e. The summed E-state index contributed by atoms with van der Waals surface area (Å²) in [6.45, 7) is 5.39. The van der Waals surface area contributed by atoms with Gasteiger partial charge in [-0.2, -0.15) is 0 Å². The van der Waals surface area contributed by atoms with E-state index in [1.54, 1.807) is 32.9 Å². The molecule has 3 N–H and O–H groups in total. The maximum atomic E-state index is 13.3. The second kappa shape index (κ2) is 9.71. The number of carbonyl (C=O) groups is 2. The van der Waals surface area contributed by atoms with Crippen LogP contribution in [0, 0.1) is 11.8 Å². The molecule has 1 aliphatic rings. The van der Waals surface area contributed by atoms with Crippen LogP contribution in [-0.2, 0) is 26.5 Å². The van der Waals surface area contributed by atoms with E-state index in [0.717, 1.165) is 5.56 Å². The monoisotopic (exact) mass is 440 g/mol. The lowest BCUT2D eigenvalue weighted by Gasteiger charge is -2.50. The number of nitrogens with zero attached hydrogens (tertiary/aromatic N) is 1. The molecule has 3 atom stereocenters. The highest BCUT2D eigenvalue weighted by atomic mass is 16.6. The molecule has 7 nitrogen and oxygen atoms in total. The van der Waals surface area contributed by atoms with Crippen LogP contribution < -0.4 is 5.73 Å². The number of likely N-dealkylation sites (tertiary alicyclic amines) is 1. The van der Waals surface area contributed by atoms with Gasteiger partial charge in [-0.1, -0.05) is 60.7 Å². The molecule has 1 saturated heterocycles. The molecule has 1 fully saturated rings. The summed E-state index contributed by atoms with van der Waals surface area (Å²) in [7, 11) is 0. The molecule has 32 heavy (non-hydrogen) atoms. The molecule has 3 rings (SSSR count). The number of hydrogen-bond acceptors (Lipinski definition) is 6. The molecule has 0 aliphatic carbocycles. The van der Waals surface area contributed by atoms with Crippen LogP contribution >= 0.6 is 0 Å². The molecule has 0 bridgehead atoms. The van der Waals surface area contributed by atoms with E-state index in [0.29, 0.717) is 12.0 Å². The summed E-state index contributed by atoms with van der Waals surface area (Å²) < 4.78 is 11.2. The van der Waals surface area contributed by atoms with Crippen molar-refractivity contribution in [3.8, 4) is 0 Å². The fraction of sp³-hybridized carbons (Fsp3) is 0.440. The number of rotatable bonds is 5. The maximum Gasteiger partial charge on any atom is 0.411 e. The topological polar surface area (TPSA) is 102 Å². The molecule has 0 unspecified atom stereocenters. The first kappa shape index (κ1) is 23.8. The van der Waals surface area contributed by atoms with E-state index < -0.39 is 29.2 Å². The third-order valence-electron chi connectivity index (χ3n) is 5.60. The van der Waals surface area contributed by atoms with Gasteiger partial charge in [0.25, 0.3) is 0 Å². The Morgan fingerprint density at radius 2 is 1.69 bits per heavy atom. The predicted octanol–water partition coefficient (Wildman–Crippen LogP) is 3.41. The fourth-order valence-corrected chi connectivity index (χ4v) is 4.05. The molecule has 2 aromatic carbocycles. The number of carbonyl (C=O) groups excluding carboxylic acids is 2. The van der Waals surface area contributed by atoms with Crippen molar-refractivity contribution in [2.45, 2.75) is 45.1 Å². The second-order valence-electron chi connectivity index (χ2n) is 9.21. The van der Waals surface area contributed by atoms with Gasteiger partial charge < -0.3 is 20.3 Å². The number of benzene rings is 2.